The van der Waals surface area contributed by atoms with Gasteiger partial charge in [0, 0.05) is 34.8 Å². The molecule has 1 fully saturated rings. The third-order valence-electron chi connectivity index (χ3n) is 5.79. The molecule has 2 amide bonds. The molecule has 0 bridgehead atoms. The summed E-state index contributed by atoms with van der Waals surface area (Å²) in [4.78, 5) is 27.0. The average molecular weight is 569 g/mol. The Hall–Kier alpha value is -2.89. The van der Waals surface area contributed by atoms with Gasteiger partial charge in [-0.05, 0) is 54.1 Å². The van der Waals surface area contributed by atoms with Crippen LogP contribution in [0.2, 0.25) is 10.0 Å². The second-order valence-corrected chi connectivity index (χ2v) is 10.5. The summed E-state index contributed by atoms with van der Waals surface area (Å²) in [5.74, 6) is -4.44. The number of benzene rings is 3. The summed E-state index contributed by atoms with van der Waals surface area (Å²) in [6.45, 7) is 0. The molecule has 0 spiro atoms. The summed E-state index contributed by atoms with van der Waals surface area (Å²) in [6, 6.07) is 13.5. The summed E-state index contributed by atoms with van der Waals surface area (Å²) in [5, 5.41) is 12.9. The molecule has 0 heterocycles. The molecule has 11 heteroatoms. The number of hydrogen-bond donors (Lipinski definition) is 1. The molecule has 1 aliphatic rings. The van der Waals surface area contributed by atoms with Gasteiger partial charge < -0.3 is 10.2 Å². The molecule has 3 aromatic rings. The van der Waals surface area contributed by atoms with Crippen LogP contribution < -0.4 is 10.2 Å². The van der Waals surface area contributed by atoms with Gasteiger partial charge in [0.15, 0.2) is 0 Å². The van der Waals surface area contributed by atoms with Gasteiger partial charge in [-0.25, -0.2) is 8.78 Å². The fourth-order valence-electron chi connectivity index (χ4n) is 3.98. The van der Waals surface area contributed by atoms with Gasteiger partial charge in [0.1, 0.15) is 16.0 Å². The van der Waals surface area contributed by atoms with Gasteiger partial charge in [-0.1, -0.05) is 23.2 Å². The first kappa shape index (κ1) is 26.2. The third-order valence-corrected chi connectivity index (χ3v) is 7.17. The van der Waals surface area contributed by atoms with Crippen molar-refractivity contribution in [1.29, 1.82) is 5.26 Å². The molecule has 0 aromatic heterocycles. The Morgan fingerprint density at radius 1 is 1.03 bits per heavy atom. The lowest BCUT2D eigenvalue weighted by molar-refractivity contribution is -0.117. The van der Waals surface area contributed by atoms with Gasteiger partial charge in [0.05, 0.1) is 28.8 Å². The number of amides is 2. The lowest BCUT2D eigenvalue weighted by Crippen LogP contribution is -2.28. The first-order valence-electron chi connectivity index (χ1n) is 10.4. The van der Waals surface area contributed by atoms with Crippen molar-refractivity contribution in [3.8, 4) is 6.07 Å². The SMILES string of the molecule is CN(C(=O)c1cc(NC(=O)C2C(c3cc(Cl)cc(Cl)c3)C2(Cl)Cl)ccc1C#N)c1ccc(F)cc1F. The van der Waals surface area contributed by atoms with Gasteiger partial charge in [0.25, 0.3) is 5.91 Å². The highest BCUT2D eigenvalue weighted by Gasteiger charge is 2.67. The molecule has 0 aliphatic heterocycles. The van der Waals surface area contributed by atoms with Gasteiger partial charge in [-0.15, -0.1) is 23.2 Å². The number of carbonyl (C=O) groups excluding carboxylic acids is 2. The van der Waals surface area contributed by atoms with Crippen LogP contribution in [0.5, 0.6) is 0 Å². The molecule has 184 valence electrons. The largest absolute Gasteiger partial charge is 0.326 e. The van der Waals surface area contributed by atoms with E-state index in [2.05, 4.69) is 5.32 Å². The van der Waals surface area contributed by atoms with Crippen molar-refractivity contribution in [3.63, 3.8) is 0 Å². The van der Waals surface area contributed by atoms with E-state index in [4.69, 9.17) is 46.4 Å². The quantitative estimate of drug-likeness (QED) is 0.339. The number of rotatable bonds is 5. The molecule has 36 heavy (non-hydrogen) atoms. The van der Waals surface area contributed by atoms with E-state index < -0.39 is 39.6 Å². The smallest absolute Gasteiger partial charge is 0.259 e. The van der Waals surface area contributed by atoms with Crippen LogP contribution in [0, 0.1) is 28.9 Å². The number of carbonyl (C=O) groups is 2. The molecule has 2 unspecified atom stereocenters. The predicted molar refractivity (Wildman–Crippen MR) is 136 cm³/mol. The van der Waals surface area contributed by atoms with Crippen LogP contribution >= 0.6 is 46.4 Å². The lowest BCUT2D eigenvalue weighted by atomic mass is 10.1. The highest BCUT2D eigenvalue weighted by atomic mass is 35.5. The third kappa shape index (κ3) is 5.00. The maximum absolute atomic E-state index is 14.2. The number of nitrogens with zero attached hydrogens (tertiary/aromatic N) is 2. The van der Waals surface area contributed by atoms with Crippen molar-refractivity contribution in [1.82, 2.24) is 0 Å². The fourth-order valence-corrected chi connectivity index (χ4v) is 5.35. The standard InChI is InChI=1S/C25H15Cl4F2N3O2/c1-34(20-5-3-16(30)9-19(20)31)24(36)18-10-17(4-2-12(18)11-32)33-23(35)22-21(25(22,28)29)13-6-14(26)8-15(27)7-13/h2-10,21-22H,1H3,(H,33,35). The lowest BCUT2D eigenvalue weighted by Gasteiger charge is -2.19. The number of halogens is 6. The van der Waals surface area contributed by atoms with Crippen LogP contribution in [0.3, 0.4) is 0 Å². The van der Waals surface area contributed by atoms with Crippen LogP contribution in [-0.4, -0.2) is 23.2 Å². The number of nitrogens with one attached hydrogen (secondary N) is 1. The molecule has 1 N–H and O–H groups in total. The Bertz CT molecular complexity index is 1420. The minimum absolute atomic E-state index is 0.00531. The molecule has 1 saturated carbocycles. The average Bonchev–Trinajstić information content (AvgIpc) is 3.39. The van der Waals surface area contributed by atoms with Crippen LogP contribution in [0.15, 0.2) is 54.6 Å². The summed E-state index contributed by atoms with van der Waals surface area (Å²) in [6.07, 6.45) is 0. The summed E-state index contributed by atoms with van der Waals surface area (Å²) in [5.41, 5.74) is 0.494. The van der Waals surface area contributed by atoms with Crippen molar-refractivity contribution >= 4 is 69.6 Å². The molecule has 0 radical (unpaired) electrons. The Labute approximate surface area is 225 Å². The van der Waals surface area contributed by atoms with Crippen LogP contribution in [0.4, 0.5) is 20.2 Å². The van der Waals surface area contributed by atoms with E-state index in [9.17, 15) is 23.6 Å². The highest BCUT2D eigenvalue weighted by molar-refractivity contribution is 6.53. The second kappa shape index (κ2) is 9.87. The Kier molecular flexibility index (Phi) is 7.18. The molecule has 4 rings (SSSR count). The van der Waals surface area contributed by atoms with E-state index in [1.165, 1.54) is 25.2 Å². The molecule has 3 aromatic carbocycles. The van der Waals surface area contributed by atoms with E-state index in [0.29, 0.717) is 21.7 Å². The maximum Gasteiger partial charge on any atom is 0.259 e. The molecule has 5 nitrogen and oxygen atoms in total. The summed E-state index contributed by atoms with van der Waals surface area (Å²) >= 11 is 24.9. The van der Waals surface area contributed by atoms with Gasteiger partial charge >= 0.3 is 0 Å². The zero-order valence-corrected chi connectivity index (χ0v) is 21.4. The zero-order chi connectivity index (χ0) is 26.4. The topological polar surface area (TPSA) is 73.2 Å². The van der Waals surface area contributed by atoms with Crippen LogP contribution in [0.25, 0.3) is 0 Å². The molecule has 0 saturated heterocycles. The maximum atomic E-state index is 14.2. The minimum atomic E-state index is -1.41. The van der Waals surface area contributed by atoms with E-state index in [-0.39, 0.29) is 22.5 Å². The fraction of sp³-hybridized carbons (Fsp3) is 0.160. The normalized spacial score (nSPS) is 17.7. The van der Waals surface area contributed by atoms with Crippen molar-refractivity contribution in [2.24, 2.45) is 5.92 Å². The molecular formula is C25H15Cl4F2N3O2. The summed E-state index contributed by atoms with van der Waals surface area (Å²) in [7, 11) is 1.28. The van der Waals surface area contributed by atoms with Crippen molar-refractivity contribution in [2.75, 3.05) is 17.3 Å². The van der Waals surface area contributed by atoms with E-state index in [1.54, 1.807) is 18.2 Å². The van der Waals surface area contributed by atoms with Gasteiger partial charge in [-0.3, -0.25) is 9.59 Å². The summed E-state index contributed by atoms with van der Waals surface area (Å²) < 4.78 is 26.1. The van der Waals surface area contributed by atoms with E-state index in [1.807, 2.05) is 6.07 Å². The van der Waals surface area contributed by atoms with Crippen LogP contribution in [0.1, 0.15) is 27.4 Å². The Morgan fingerprint density at radius 2 is 1.69 bits per heavy atom. The first-order valence-corrected chi connectivity index (χ1v) is 11.9. The van der Waals surface area contributed by atoms with Gasteiger partial charge in [0.2, 0.25) is 5.91 Å². The Balaban J connectivity index is 1.58. The zero-order valence-electron chi connectivity index (χ0n) is 18.3. The first-order chi connectivity index (χ1) is 16.9. The molecular weight excluding hydrogens is 554 g/mol. The van der Waals surface area contributed by atoms with Crippen molar-refractivity contribution < 1.29 is 18.4 Å². The number of hydrogen-bond acceptors (Lipinski definition) is 3. The minimum Gasteiger partial charge on any atom is -0.326 e. The van der Waals surface area contributed by atoms with Crippen molar-refractivity contribution in [2.45, 2.75) is 10.3 Å². The predicted octanol–water partition coefficient (Wildman–Crippen LogP) is 6.95. The second-order valence-electron chi connectivity index (χ2n) is 8.15. The number of nitriles is 1. The Morgan fingerprint density at radius 3 is 2.31 bits per heavy atom. The number of anilines is 2. The van der Waals surface area contributed by atoms with E-state index in [0.717, 1.165) is 17.0 Å². The highest BCUT2D eigenvalue weighted by Crippen LogP contribution is 2.65. The van der Waals surface area contributed by atoms with E-state index >= 15 is 0 Å². The monoisotopic (exact) mass is 567 g/mol. The number of alkyl halides is 2. The molecule has 2 atom stereocenters. The van der Waals surface area contributed by atoms with Gasteiger partial charge in [-0.2, -0.15) is 5.26 Å². The van der Waals surface area contributed by atoms with Crippen LogP contribution in [-0.2, 0) is 4.79 Å². The van der Waals surface area contributed by atoms with Crippen molar-refractivity contribution in [3.05, 3.63) is 93.0 Å². The molecule has 1 aliphatic carbocycles.